The Bertz CT molecular complexity index is 554. The Morgan fingerprint density at radius 2 is 2.10 bits per heavy atom. The summed E-state index contributed by atoms with van der Waals surface area (Å²) in [5, 5.41) is 20.7. The maximum absolute atomic E-state index is 9.74. The van der Waals surface area contributed by atoms with Gasteiger partial charge in [-0.15, -0.1) is 0 Å². The molecule has 0 amide bonds. The minimum atomic E-state index is -0.224. The van der Waals surface area contributed by atoms with Crippen molar-refractivity contribution in [1.29, 1.82) is 0 Å². The van der Waals surface area contributed by atoms with E-state index in [1.54, 1.807) is 0 Å². The molecule has 0 saturated carbocycles. The van der Waals surface area contributed by atoms with Crippen molar-refractivity contribution in [2.45, 2.75) is 19.2 Å². The Morgan fingerprint density at radius 1 is 1.24 bits per heavy atom. The quantitative estimate of drug-likeness (QED) is 0.728. The van der Waals surface area contributed by atoms with E-state index in [2.05, 4.69) is 34.1 Å². The van der Waals surface area contributed by atoms with Gasteiger partial charge in [0.05, 0.1) is 18.8 Å². The molecule has 0 bridgehead atoms. The first-order chi connectivity index (χ1) is 10.3. The van der Waals surface area contributed by atoms with Crippen LogP contribution in [0, 0.1) is 5.92 Å². The Kier molecular flexibility index (Phi) is 4.65. The standard InChI is InChI=1S/C16H22N4O/c21-16-10-18-9-15(16)8-17-6-14-7-19-20(12-14)11-13-4-2-1-3-5-13/h1-5,7,12,15-18,21H,6,8-11H2. The highest BCUT2D eigenvalue weighted by atomic mass is 16.3. The molecular weight excluding hydrogens is 264 g/mol. The number of β-amino-alcohol motifs (C(OH)–C–C–N with tert-alkyl or cyclic N) is 1. The maximum Gasteiger partial charge on any atom is 0.0716 e. The van der Waals surface area contributed by atoms with E-state index in [1.807, 2.05) is 29.1 Å². The molecule has 21 heavy (non-hydrogen) atoms. The molecule has 1 aromatic heterocycles. The summed E-state index contributed by atoms with van der Waals surface area (Å²) in [5.41, 5.74) is 2.42. The molecule has 0 radical (unpaired) electrons. The van der Waals surface area contributed by atoms with E-state index in [0.717, 1.165) is 26.2 Å². The number of hydrogen-bond acceptors (Lipinski definition) is 4. The molecule has 2 unspecified atom stereocenters. The fourth-order valence-electron chi connectivity index (χ4n) is 2.68. The first-order valence-corrected chi connectivity index (χ1v) is 7.46. The minimum absolute atomic E-state index is 0.224. The molecule has 1 fully saturated rings. The van der Waals surface area contributed by atoms with Crippen molar-refractivity contribution >= 4 is 0 Å². The van der Waals surface area contributed by atoms with Gasteiger partial charge in [-0.05, 0) is 5.56 Å². The predicted molar refractivity (Wildman–Crippen MR) is 81.8 cm³/mol. The summed E-state index contributed by atoms with van der Waals surface area (Å²) in [5.74, 6) is 0.310. The highest BCUT2D eigenvalue weighted by molar-refractivity contribution is 5.15. The zero-order chi connectivity index (χ0) is 14.5. The third-order valence-corrected chi connectivity index (χ3v) is 3.91. The van der Waals surface area contributed by atoms with Crippen molar-refractivity contribution in [2.24, 2.45) is 5.92 Å². The normalized spacial score (nSPS) is 21.8. The fraction of sp³-hybridized carbons (Fsp3) is 0.438. The van der Waals surface area contributed by atoms with Crippen LogP contribution in [0.15, 0.2) is 42.7 Å². The molecule has 5 heteroatoms. The third-order valence-electron chi connectivity index (χ3n) is 3.91. The minimum Gasteiger partial charge on any atom is -0.391 e. The van der Waals surface area contributed by atoms with E-state index in [1.165, 1.54) is 11.1 Å². The molecule has 2 heterocycles. The first kappa shape index (κ1) is 14.3. The third kappa shape index (κ3) is 3.91. The van der Waals surface area contributed by atoms with Gasteiger partial charge in [0, 0.05) is 43.9 Å². The van der Waals surface area contributed by atoms with Gasteiger partial charge in [0.15, 0.2) is 0 Å². The zero-order valence-electron chi connectivity index (χ0n) is 12.1. The predicted octanol–water partition coefficient (Wildman–Crippen LogP) is 0.601. The Morgan fingerprint density at radius 3 is 2.86 bits per heavy atom. The van der Waals surface area contributed by atoms with Crippen LogP contribution >= 0.6 is 0 Å². The second kappa shape index (κ2) is 6.85. The van der Waals surface area contributed by atoms with Crippen molar-refractivity contribution in [3.63, 3.8) is 0 Å². The highest BCUT2D eigenvalue weighted by Gasteiger charge is 2.23. The smallest absolute Gasteiger partial charge is 0.0716 e. The van der Waals surface area contributed by atoms with Gasteiger partial charge in [-0.2, -0.15) is 5.10 Å². The maximum atomic E-state index is 9.74. The van der Waals surface area contributed by atoms with Crippen molar-refractivity contribution < 1.29 is 5.11 Å². The molecule has 0 spiro atoms. The average Bonchev–Trinajstić information content (AvgIpc) is 3.10. The van der Waals surface area contributed by atoms with Crippen molar-refractivity contribution in [3.05, 3.63) is 53.9 Å². The lowest BCUT2D eigenvalue weighted by Crippen LogP contribution is -2.30. The summed E-state index contributed by atoms with van der Waals surface area (Å²) in [6, 6.07) is 10.3. The van der Waals surface area contributed by atoms with Crippen LogP contribution in [0.1, 0.15) is 11.1 Å². The van der Waals surface area contributed by atoms with Crippen molar-refractivity contribution in [2.75, 3.05) is 19.6 Å². The molecule has 1 aliphatic rings. The van der Waals surface area contributed by atoms with Gasteiger partial charge in [0.2, 0.25) is 0 Å². The molecule has 3 N–H and O–H groups in total. The molecule has 0 aliphatic carbocycles. The summed E-state index contributed by atoms with van der Waals surface area (Å²) in [4.78, 5) is 0. The lowest BCUT2D eigenvalue weighted by atomic mass is 10.1. The van der Waals surface area contributed by atoms with Crippen LogP contribution in [0.4, 0.5) is 0 Å². The van der Waals surface area contributed by atoms with Crippen LogP contribution in [0.3, 0.4) is 0 Å². The topological polar surface area (TPSA) is 62.1 Å². The zero-order valence-corrected chi connectivity index (χ0v) is 12.1. The molecule has 2 atom stereocenters. The number of hydrogen-bond donors (Lipinski definition) is 3. The second-order valence-electron chi connectivity index (χ2n) is 5.65. The van der Waals surface area contributed by atoms with Gasteiger partial charge >= 0.3 is 0 Å². The number of nitrogens with one attached hydrogen (secondary N) is 2. The van der Waals surface area contributed by atoms with Gasteiger partial charge in [-0.25, -0.2) is 0 Å². The second-order valence-corrected chi connectivity index (χ2v) is 5.65. The van der Waals surface area contributed by atoms with E-state index in [9.17, 15) is 5.11 Å². The van der Waals surface area contributed by atoms with Crippen molar-refractivity contribution in [3.8, 4) is 0 Å². The SMILES string of the molecule is OC1CNCC1CNCc1cnn(Cc2ccccc2)c1. The Balaban J connectivity index is 1.46. The Labute approximate surface area is 125 Å². The number of nitrogens with zero attached hydrogens (tertiary/aromatic N) is 2. The molecule has 1 aliphatic heterocycles. The van der Waals surface area contributed by atoms with Gasteiger partial charge < -0.3 is 15.7 Å². The summed E-state index contributed by atoms with van der Waals surface area (Å²) < 4.78 is 1.96. The highest BCUT2D eigenvalue weighted by Crippen LogP contribution is 2.08. The number of benzene rings is 1. The average molecular weight is 286 g/mol. The molecular formula is C16H22N4O. The van der Waals surface area contributed by atoms with Crippen LogP contribution in [-0.2, 0) is 13.1 Å². The number of aromatic nitrogens is 2. The monoisotopic (exact) mass is 286 g/mol. The van der Waals surface area contributed by atoms with Gasteiger partial charge in [0.25, 0.3) is 0 Å². The van der Waals surface area contributed by atoms with Gasteiger partial charge in [-0.1, -0.05) is 30.3 Å². The van der Waals surface area contributed by atoms with Gasteiger partial charge in [0.1, 0.15) is 0 Å². The fourth-order valence-corrected chi connectivity index (χ4v) is 2.68. The lowest BCUT2D eigenvalue weighted by Gasteiger charge is -2.13. The van der Waals surface area contributed by atoms with Crippen LogP contribution in [0.25, 0.3) is 0 Å². The summed E-state index contributed by atoms with van der Waals surface area (Å²) in [7, 11) is 0. The van der Waals surface area contributed by atoms with Crippen LogP contribution in [0.5, 0.6) is 0 Å². The largest absolute Gasteiger partial charge is 0.391 e. The van der Waals surface area contributed by atoms with Crippen LogP contribution in [-0.4, -0.2) is 40.6 Å². The van der Waals surface area contributed by atoms with Crippen LogP contribution in [0.2, 0.25) is 0 Å². The van der Waals surface area contributed by atoms with E-state index in [4.69, 9.17) is 0 Å². The summed E-state index contributed by atoms with van der Waals surface area (Å²) in [6.45, 7) is 4.02. The molecule has 2 aromatic rings. The number of aliphatic hydroxyl groups is 1. The first-order valence-electron chi connectivity index (χ1n) is 7.46. The van der Waals surface area contributed by atoms with E-state index < -0.39 is 0 Å². The van der Waals surface area contributed by atoms with E-state index in [-0.39, 0.29) is 6.10 Å². The van der Waals surface area contributed by atoms with Crippen LogP contribution < -0.4 is 10.6 Å². The Hall–Kier alpha value is -1.69. The molecule has 112 valence electrons. The molecule has 5 nitrogen and oxygen atoms in total. The van der Waals surface area contributed by atoms with E-state index in [0.29, 0.717) is 12.5 Å². The van der Waals surface area contributed by atoms with Crippen molar-refractivity contribution in [1.82, 2.24) is 20.4 Å². The molecule has 1 saturated heterocycles. The molecule has 1 aromatic carbocycles. The number of aliphatic hydroxyl groups excluding tert-OH is 1. The molecule has 3 rings (SSSR count). The summed E-state index contributed by atoms with van der Waals surface area (Å²) >= 11 is 0. The van der Waals surface area contributed by atoms with Gasteiger partial charge in [-0.3, -0.25) is 4.68 Å². The summed E-state index contributed by atoms with van der Waals surface area (Å²) in [6.07, 6.45) is 3.75. The number of rotatable bonds is 6. The van der Waals surface area contributed by atoms with E-state index >= 15 is 0 Å². The lowest BCUT2D eigenvalue weighted by molar-refractivity contribution is 0.146.